The topological polar surface area (TPSA) is 146 Å². The van der Waals surface area contributed by atoms with E-state index in [-0.39, 0.29) is 0 Å². The van der Waals surface area contributed by atoms with Crippen LogP contribution in [0.5, 0.6) is 0 Å². The molecule has 9 nitrogen and oxygen atoms in total. The quantitative estimate of drug-likeness (QED) is 0.357. The van der Waals surface area contributed by atoms with Crippen molar-refractivity contribution in [3.8, 4) is 0 Å². The lowest BCUT2D eigenvalue weighted by molar-refractivity contribution is 0.100. The van der Waals surface area contributed by atoms with E-state index in [1.54, 1.807) is 12.4 Å². The third kappa shape index (κ3) is 4.51. The number of H-pyrrole nitrogens is 1. The van der Waals surface area contributed by atoms with Gasteiger partial charge in [0.1, 0.15) is 27.5 Å². The molecule has 0 aromatic carbocycles. The number of fused-ring (bicyclic) bond motifs is 1. The van der Waals surface area contributed by atoms with Crippen LogP contribution in [-0.4, -0.2) is 51.6 Å². The molecule has 1 saturated heterocycles. The number of aliphatic hydroxyl groups is 1. The lowest BCUT2D eigenvalue weighted by Gasteiger charge is -2.33. The zero-order chi connectivity index (χ0) is 22.0. The molecule has 1 aliphatic heterocycles. The number of anilines is 2. The van der Waals surface area contributed by atoms with E-state index < -0.39 is 12.0 Å². The molecule has 1 fully saturated rings. The largest absolute Gasteiger partial charge is 0.397 e. The van der Waals surface area contributed by atoms with Crippen molar-refractivity contribution in [3.63, 3.8) is 0 Å². The van der Waals surface area contributed by atoms with E-state index in [4.69, 9.17) is 16.5 Å². The first-order valence-corrected chi connectivity index (χ1v) is 11.5. The molecule has 7 N–H and O–H groups in total. The van der Waals surface area contributed by atoms with Gasteiger partial charge in [-0.15, -0.1) is 11.3 Å². The summed E-state index contributed by atoms with van der Waals surface area (Å²) in [5, 5.41) is 14.5. The number of aromatic amines is 1. The lowest BCUT2D eigenvalue weighted by atomic mass is 10.0. The van der Waals surface area contributed by atoms with Gasteiger partial charge in [0.05, 0.1) is 5.69 Å². The van der Waals surface area contributed by atoms with Crippen LogP contribution >= 0.6 is 11.3 Å². The molecule has 0 spiro atoms. The molecule has 31 heavy (non-hydrogen) atoms. The molecule has 0 aliphatic carbocycles. The molecular formula is C21H29N7O2S. The molecule has 166 valence electrons. The third-order valence-electron chi connectivity index (χ3n) is 5.76. The number of imidazole rings is 1. The van der Waals surface area contributed by atoms with Crippen LogP contribution in [-0.2, 0) is 6.42 Å². The van der Waals surface area contributed by atoms with Gasteiger partial charge >= 0.3 is 0 Å². The molecule has 0 bridgehead atoms. The summed E-state index contributed by atoms with van der Waals surface area (Å²) in [6.45, 7) is 4.31. The van der Waals surface area contributed by atoms with E-state index >= 15 is 0 Å². The maximum Gasteiger partial charge on any atom is 0.260 e. The molecular weight excluding hydrogens is 414 g/mol. The summed E-state index contributed by atoms with van der Waals surface area (Å²) < 4.78 is 0. The Morgan fingerprint density at radius 2 is 2.23 bits per heavy atom. The van der Waals surface area contributed by atoms with Crippen molar-refractivity contribution in [3.05, 3.63) is 34.7 Å². The average Bonchev–Trinajstić information content (AvgIpc) is 3.41. The lowest BCUT2D eigenvalue weighted by Crippen LogP contribution is -2.44. The van der Waals surface area contributed by atoms with Crippen molar-refractivity contribution in [2.75, 3.05) is 30.3 Å². The summed E-state index contributed by atoms with van der Waals surface area (Å²) in [7, 11) is 0. The molecule has 0 saturated carbocycles. The highest BCUT2D eigenvalue weighted by Gasteiger charge is 2.24. The number of piperidine rings is 1. The van der Waals surface area contributed by atoms with Crippen LogP contribution in [0.1, 0.15) is 53.3 Å². The molecule has 4 rings (SSSR count). The molecule has 1 amide bonds. The predicted molar refractivity (Wildman–Crippen MR) is 123 cm³/mol. The van der Waals surface area contributed by atoms with Crippen molar-refractivity contribution >= 4 is 39.0 Å². The third-order valence-corrected chi connectivity index (χ3v) is 6.88. The maximum atomic E-state index is 11.8. The van der Waals surface area contributed by atoms with Crippen LogP contribution in [0, 0.1) is 0 Å². The predicted octanol–water partition coefficient (Wildman–Crippen LogP) is 1.95. The van der Waals surface area contributed by atoms with Crippen molar-refractivity contribution in [2.24, 2.45) is 5.73 Å². The number of carbonyl (C=O) groups excluding carboxylic acids is 1. The smallest absolute Gasteiger partial charge is 0.260 e. The number of amides is 1. The Bertz CT molecular complexity index is 1040. The monoisotopic (exact) mass is 443 g/mol. The minimum atomic E-state index is -0.641. The molecule has 3 aromatic rings. The Hall–Kier alpha value is -2.69. The number of nitrogens with zero attached hydrogens (tertiary/aromatic N) is 3. The van der Waals surface area contributed by atoms with Gasteiger partial charge in [0, 0.05) is 43.5 Å². The van der Waals surface area contributed by atoms with Gasteiger partial charge < -0.3 is 31.8 Å². The molecule has 4 heterocycles. The van der Waals surface area contributed by atoms with Crippen molar-refractivity contribution in [2.45, 2.75) is 44.8 Å². The SMILES string of the molecule is CCCc1cc(N2CCC(NCC(O)c3ncc[nH]3)CC2)nc2sc(C(N)=O)c(N)c12. The first-order valence-electron chi connectivity index (χ1n) is 10.6. The highest BCUT2D eigenvalue weighted by molar-refractivity contribution is 7.21. The Morgan fingerprint density at radius 3 is 2.87 bits per heavy atom. The van der Waals surface area contributed by atoms with Crippen molar-refractivity contribution < 1.29 is 9.90 Å². The zero-order valence-corrected chi connectivity index (χ0v) is 18.4. The van der Waals surface area contributed by atoms with Crippen LogP contribution in [0.4, 0.5) is 11.5 Å². The standard InChI is InChI=1S/C21H29N7O2S/c1-2-3-12-10-15(27-21-16(12)17(22)18(31-21)19(23)30)28-8-4-13(5-9-28)26-11-14(29)20-24-6-7-25-20/h6-7,10,13-14,26,29H,2-5,8-9,11,22H2,1H3,(H2,23,30)(H,24,25). The fraction of sp³-hybridized carbons (Fsp3) is 0.476. The Balaban J connectivity index is 1.45. The first-order chi connectivity index (χ1) is 15.0. The van der Waals surface area contributed by atoms with Gasteiger partial charge in [-0.1, -0.05) is 13.3 Å². The number of carbonyl (C=O) groups is 1. The second-order valence-corrected chi connectivity index (χ2v) is 8.94. The number of hydrogen-bond acceptors (Lipinski definition) is 8. The molecule has 1 atom stereocenters. The fourth-order valence-electron chi connectivity index (χ4n) is 4.14. The average molecular weight is 444 g/mol. The summed E-state index contributed by atoms with van der Waals surface area (Å²) in [4.78, 5) is 27.0. The summed E-state index contributed by atoms with van der Waals surface area (Å²) in [6.07, 6.45) is 6.46. The van der Waals surface area contributed by atoms with Crippen molar-refractivity contribution in [1.82, 2.24) is 20.3 Å². The van der Waals surface area contributed by atoms with Gasteiger partial charge in [0.25, 0.3) is 5.91 Å². The number of nitrogen functional groups attached to an aromatic ring is 1. The molecule has 1 unspecified atom stereocenters. The van der Waals surface area contributed by atoms with E-state index in [0.717, 1.165) is 60.4 Å². The summed E-state index contributed by atoms with van der Waals surface area (Å²) >= 11 is 1.27. The Labute approximate surface area is 184 Å². The molecule has 1 aliphatic rings. The number of nitrogens with one attached hydrogen (secondary N) is 2. The highest BCUT2D eigenvalue weighted by atomic mass is 32.1. The Morgan fingerprint density at radius 1 is 1.45 bits per heavy atom. The van der Waals surface area contributed by atoms with Crippen LogP contribution in [0.3, 0.4) is 0 Å². The number of aryl methyl sites for hydroxylation is 1. The number of nitrogens with two attached hydrogens (primary N) is 2. The van der Waals surface area contributed by atoms with Gasteiger partial charge in [-0.05, 0) is 30.9 Å². The number of thiophene rings is 1. The van der Waals surface area contributed by atoms with Gasteiger partial charge in [-0.25, -0.2) is 9.97 Å². The normalized spacial score (nSPS) is 16.1. The summed E-state index contributed by atoms with van der Waals surface area (Å²) in [5.74, 6) is 0.992. The zero-order valence-electron chi connectivity index (χ0n) is 17.6. The number of aliphatic hydroxyl groups excluding tert-OH is 1. The van der Waals surface area contributed by atoms with Crippen LogP contribution in [0.15, 0.2) is 18.5 Å². The number of primary amides is 1. The molecule has 10 heteroatoms. The summed E-state index contributed by atoms with van der Waals surface area (Å²) in [5.41, 5.74) is 13.3. The molecule has 0 radical (unpaired) electrons. The number of hydrogen-bond donors (Lipinski definition) is 5. The van der Waals surface area contributed by atoms with E-state index in [9.17, 15) is 9.90 Å². The number of pyridine rings is 1. The van der Waals surface area contributed by atoms with Gasteiger partial charge in [-0.2, -0.15) is 0 Å². The number of rotatable bonds is 8. The first kappa shape index (κ1) is 21.5. The van der Waals surface area contributed by atoms with Gasteiger partial charge in [0.2, 0.25) is 0 Å². The fourth-order valence-corrected chi connectivity index (χ4v) is 5.13. The second-order valence-electron chi connectivity index (χ2n) is 7.94. The van der Waals surface area contributed by atoms with E-state index in [2.05, 4.69) is 33.2 Å². The van der Waals surface area contributed by atoms with E-state index in [0.29, 0.717) is 29.0 Å². The van der Waals surface area contributed by atoms with E-state index in [1.165, 1.54) is 11.3 Å². The van der Waals surface area contributed by atoms with Crippen LogP contribution in [0.2, 0.25) is 0 Å². The van der Waals surface area contributed by atoms with Crippen LogP contribution < -0.4 is 21.7 Å². The van der Waals surface area contributed by atoms with E-state index in [1.807, 2.05) is 0 Å². The summed E-state index contributed by atoms with van der Waals surface area (Å²) in [6, 6.07) is 2.44. The van der Waals surface area contributed by atoms with Crippen molar-refractivity contribution in [1.29, 1.82) is 0 Å². The Kier molecular flexibility index (Phi) is 6.40. The number of aromatic nitrogens is 3. The highest BCUT2D eigenvalue weighted by Crippen LogP contribution is 2.37. The van der Waals surface area contributed by atoms with Gasteiger partial charge in [0.15, 0.2) is 0 Å². The minimum Gasteiger partial charge on any atom is -0.397 e. The maximum absolute atomic E-state index is 11.8. The van der Waals surface area contributed by atoms with Crippen LogP contribution in [0.25, 0.3) is 10.2 Å². The second kappa shape index (κ2) is 9.21. The van der Waals surface area contributed by atoms with Gasteiger partial charge in [-0.3, -0.25) is 4.79 Å². The minimum absolute atomic E-state index is 0.332. The molecule has 3 aromatic heterocycles.